The molecule has 0 saturated carbocycles. The molecule has 6 heteroatoms. The molecule has 0 spiro atoms. The number of hydrogen-bond acceptors (Lipinski definition) is 5. The standard InChI is InChI=1S/C8H7N5O/c1-2-6(7-4-14-7)10-8(3-1)13-5-9-11-12-13/h1-3,5,7H,4H2/t7-/m1/s1. The van der Waals surface area contributed by atoms with Gasteiger partial charge >= 0.3 is 0 Å². The Kier molecular flexibility index (Phi) is 1.54. The first-order valence-corrected chi connectivity index (χ1v) is 4.25. The highest BCUT2D eigenvalue weighted by Gasteiger charge is 2.26. The summed E-state index contributed by atoms with van der Waals surface area (Å²) in [6.07, 6.45) is 1.67. The van der Waals surface area contributed by atoms with Gasteiger partial charge in [-0.05, 0) is 22.6 Å². The Balaban J connectivity index is 2.02. The number of hydrogen-bond donors (Lipinski definition) is 0. The molecule has 0 bridgehead atoms. The molecule has 1 atom stereocenters. The van der Waals surface area contributed by atoms with Crippen molar-refractivity contribution in [2.45, 2.75) is 6.10 Å². The summed E-state index contributed by atoms with van der Waals surface area (Å²) >= 11 is 0. The number of aromatic nitrogens is 5. The third kappa shape index (κ3) is 1.25. The molecule has 6 nitrogen and oxygen atoms in total. The van der Waals surface area contributed by atoms with E-state index in [9.17, 15) is 0 Å². The SMILES string of the molecule is c1cc([C@H]2CO2)nc(-n2cnnn2)c1. The molecule has 1 aliphatic heterocycles. The lowest BCUT2D eigenvalue weighted by molar-refractivity contribution is 0.411. The zero-order chi connectivity index (χ0) is 9.38. The van der Waals surface area contributed by atoms with Crippen molar-refractivity contribution in [3.8, 4) is 5.82 Å². The monoisotopic (exact) mass is 189 g/mol. The van der Waals surface area contributed by atoms with E-state index in [-0.39, 0.29) is 6.10 Å². The molecule has 2 aromatic rings. The lowest BCUT2D eigenvalue weighted by atomic mass is 10.3. The maximum atomic E-state index is 5.14. The van der Waals surface area contributed by atoms with Crippen LogP contribution in [-0.2, 0) is 4.74 Å². The molecule has 14 heavy (non-hydrogen) atoms. The van der Waals surface area contributed by atoms with Crippen molar-refractivity contribution in [1.29, 1.82) is 0 Å². The summed E-state index contributed by atoms with van der Waals surface area (Å²) in [6.45, 7) is 0.756. The second-order valence-corrected chi connectivity index (χ2v) is 3.00. The Bertz CT molecular complexity index is 437. The summed E-state index contributed by atoms with van der Waals surface area (Å²) in [5, 5.41) is 10.9. The van der Waals surface area contributed by atoms with Gasteiger partial charge in [0.25, 0.3) is 0 Å². The quantitative estimate of drug-likeness (QED) is 0.628. The van der Waals surface area contributed by atoms with E-state index in [4.69, 9.17) is 4.74 Å². The summed E-state index contributed by atoms with van der Waals surface area (Å²) in [5.41, 5.74) is 0.929. The molecule has 0 aliphatic carbocycles. The van der Waals surface area contributed by atoms with Crippen molar-refractivity contribution in [3.05, 3.63) is 30.2 Å². The van der Waals surface area contributed by atoms with E-state index in [0.717, 1.165) is 12.3 Å². The van der Waals surface area contributed by atoms with E-state index < -0.39 is 0 Å². The number of rotatable bonds is 2. The lowest BCUT2D eigenvalue weighted by Gasteiger charge is -1.99. The number of ether oxygens (including phenoxy) is 1. The van der Waals surface area contributed by atoms with E-state index in [1.807, 2.05) is 18.2 Å². The molecule has 70 valence electrons. The molecule has 1 aliphatic rings. The van der Waals surface area contributed by atoms with Crippen LogP contribution in [0.3, 0.4) is 0 Å². The minimum atomic E-state index is 0.159. The van der Waals surface area contributed by atoms with Crippen molar-refractivity contribution in [2.75, 3.05) is 6.61 Å². The molecule has 3 rings (SSSR count). The minimum absolute atomic E-state index is 0.159. The molecular formula is C8H7N5O. The van der Waals surface area contributed by atoms with Gasteiger partial charge in [0.05, 0.1) is 12.3 Å². The summed E-state index contributed by atoms with van der Waals surface area (Å²) in [5.74, 6) is 0.711. The van der Waals surface area contributed by atoms with Gasteiger partial charge in [0.1, 0.15) is 12.4 Å². The van der Waals surface area contributed by atoms with Crippen molar-refractivity contribution >= 4 is 0 Å². The Morgan fingerprint density at radius 3 is 3.07 bits per heavy atom. The molecule has 1 fully saturated rings. The van der Waals surface area contributed by atoms with Gasteiger partial charge in [-0.15, -0.1) is 5.10 Å². The minimum Gasteiger partial charge on any atom is -0.366 e. The Labute approximate surface area is 79.5 Å². The first kappa shape index (κ1) is 7.57. The smallest absolute Gasteiger partial charge is 0.157 e. The zero-order valence-corrected chi connectivity index (χ0v) is 7.24. The summed E-state index contributed by atoms with van der Waals surface area (Å²) in [4.78, 5) is 4.37. The van der Waals surface area contributed by atoms with Crippen LogP contribution in [0.15, 0.2) is 24.5 Å². The summed E-state index contributed by atoms with van der Waals surface area (Å²) in [7, 11) is 0. The van der Waals surface area contributed by atoms with Crippen molar-refractivity contribution in [2.24, 2.45) is 0 Å². The molecule has 2 aromatic heterocycles. The fourth-order valence-corrected chi connectivity index (χ4v) is 1.23. The first-order chi connectivity index (χ1) is 6.93. The van der Waals surface area contributed by atoms with Gasteiger partial charge < -0.3 is 4.74 Å². The van der Waals surface area contributed by atoms with Gasteiger partial charge in [-0.1, -0.05) is 6.07 Å². The van der Waals surface area contributed by atoms with Crippen molar-refractivity contribution in [1.82, 2.24) is 25.2 Å². The third-order valence-electron chi connectivity index (χ3n) is 2.00. The summed E-state index contributed by atoms with van der Waals surface area (Å²) in [6, 6.07) is 5.70. The van der Waals surface area contributed by atoms with Gasteiger partial charge in [0.15, 0.2) is 5.82 Å². The van der Waals surface area contributed by atoms with Crippen LogP contribution in [0, 0.1) is 0 Å². The number of epoxide rings is 1. The van der Waals surface area contributed by atoms with E-state index in [2.05, 4.69) is 20.5 Å². The maximum absolute atomic E-state index is 5.14. The average Bonchev–Trinajstić information content (AvgIpc) is 2.94. The van der Waals surface area contributed by atoms with Gasteiger partial charge in [0, 0.05) is 0 Å². The molecule has 0 N–H and O–H groups in total. The van der Waals surface area contributed by atoms with Crippen molar-refractivity contribution < 1.29 is 4.74 Å². The van der Waals surface area contributed by atoms with Gasteiger partial charge in [0.2, 0.25) is 0 Å². The number of pyridine rings is 1. The number of nitrogens with zero attached hydrogens (tertiary/aromatic N) is 5. The molecular weight excluding hydrogens is 182 g/mol. The average molecular weight is 189 g/mol. The van der Waals surface area contributed by atoms with Crippen LogP contribution < -0.4 is 0 Å². The Morgan fingerprint density at radius 2 is 2.36 bits per heavy atom. The molecule has 3 heterocycles. The topological polar surface area (TPSA) is 69.0 Å². The highest BCUT2D eigenvalue weighted by molar-refractivity contribution is 5.24. The highest BCUT2D eigenvalue weighted by Crippen LogP contribution is 2.28. The van der Waals surface area contributed by atoms with Crippen LogP contribution in [0.25, 0.3) is 5.82 Å². The van der Waals surface area contributed by atoms with Crippen LogP contribution in [0.5, 0.6) is 0 Å². The van der Waals surface area contributed by atoms with Crippen LogP contribution in [0.1, 0.15) is 11.8 Å². The van der Waals surface area contributed by atoms with Crippen molar-refractivity contribution in [3.63, 3.8) is 0 Å². The summed E-state index contributed by atoms with van der Waals surface area (Å²) < 4.78 is 6.66. The second-order valence-electron chi connectivity index (χ2n) is 3.00. The normalized spacial score (nSPS) is 19.6. The second kappa shape index (κ2) is 2.85. The Morgan fingerprint density at radius 1 is 1.43 bits per heavy atom. The molecule has 0 amide bonds. The fourth-order valence-electron chi connectivity index (χ4n) is 1.23. The largest absolute Gasteiger partial charge is 0.366 e. The van der Waals surface area contributed by atoms with Crippen LogP contribution in [-0.4, -0.2) is 31.8 Å². The molecule has 0 aromatic carbocycles. The van der Waals surface area contributed by atoms with Gasteiger partial charge in [-0.3, -0.25) is 0 Å². The zero-order valence-electron chi connectivity index (χ0n) is 7.24. The molecule has 1 saturated heterocycles. The fraction of sp³-hybridized carbons (Fsp3) is 0.250. The Hall–Kier alpha value is -1.82. The van der Waals surface area contributed by atoms with E-state index in [1.54, 1.807) is 0 Å². The highest BCUT2D eigenvalue weighted by atomic mass is 16.6. The van der Waals surface area contributed by atoms with Crippen LogP contribution >= 0.6 is 0 Å². The lowest BCUT2D eigenvalue weighted by Crippen LogP contribution is -2.00. The maximum Gasteiger partial charge on any atom is 0.157 e. The predicted octanol–water partition coefficient (Wildman–Crippen LogP) is 0.129. The van der Waals surface area contributed by atoms with E-state index in [0.29, 0.717) is 5.82 Å². The molecule has 0 radical (unpaired) electrons. The van der Waals surface area contributed by atoms with Crippen LogP contribution in [0.4, 0.5) is 0 Å². The van der Waals surface area contributed by atoms with E-state index in [1.165, 1.54) is 11.0 Å². The third-order valence-corrected chi connectivity index (χ3v) is 2.00. The van der Waals surface area contributed by atoms with E-state index >= 15 is 0 Å². The van der Waals surface area contributed by atoms with Gasteiger partial charge in [-0.2, -0.15) is 4.68 Å². The van der Waals surface area contributed by atoms with Gasteiger partial charge in [-0.25, -0.2) is 4.98 Å². The number of tetrazole rings is 1. The predicted molar refractivity (Wildman–Crippen MR) is 45.6 cm³/mol. The molecule has 0 unspecified atom stereocenters. The van der Waals surface area contributed by atoms with Crippen LogP contribution in [0.2, 0.25) is 0 Å². The first-order valence-electron chi connectivity index (χ1n) is 4.25.